The van der Waals surface area contributed by atoms with Gasteiger partial charge in [0.2, 0.25) is 0 Å². The molecule has 0 saturated heterocycles. The Morgan fingerprint density at radius 2 is 1.90 bits per heavy atom. The van der Waals surface area contributed by atoms with Crippen LogP contribution in [0.4, 0.5) is 0 Å². The summed E-state index contributed by atoms with van der Waals surface area (Å²) in [6, 6.07) is 8.55. The minimum atomic E-state index is 0.118. The molecule has 0 bridgehead atoms. The first-order valence-corrected chi connectivity index (χ1v) is 7.71. The van der Waals surface area contributed by atoms with E-state index in [4.69, 9.17) is 5.10 Å². The van der Waals surface area contributed by atoms with Gasteiger partial charge in [-0.05, 0) is 33.3 Å². The summed E-state index contributed by atoms with van der Waals surface area (Å²) in [5, 5.41) is 9.63. The molecule has 0 aliphatic carbocycles. The van der Waals surface area contributed by atoms with Crippen molar-refractivity contribution in [2.24, 2.45) is 0 Å². The molecule has 3 nitrogen and oxygen atoms in total. The van der Waals surface area contributed by atoms with Gasteiger partial charge in [-0.25, -0.2) is 0 Å². The van der Waals surface area contributed by atoms with Gasteiger partial charge in [0.25, 0.3) is 0 Å². The van der Waals surface area contributed by atoms with Crippen LogP contribution in [0.15, 0.2) is 24.3 Å². The largest absolute Gasteiger partial charge is 0.306 e. The van der Waals surface area contributed by atoms with Gasteiger partial charge in [0.05, 0.1) is 11.2 Å². The number of nitrogens with zero attached hydrogens (tertiary/aromatic N) is 2. The van der Waals surface area contributed by atoms with Crippen LogP contribution < -0.4 is 5.32 Å². The number of fused-ring (bicyclic) bond motifs is 1. The molecule has 0 unspecified atom stereocenters. The van der Waals surface area contributed by atoms with E-state index in [1.165, 1.54) is 30.2 Å². The van der Waals surface area contributed by atoms with Crippen LogP contribution in [-0.2, 0) is 13.1 Å². The zero-order chi connectivity index (χ0) is 14.6. The highest BCUT2D eigenvalue weighted by atomic mass is 15.3. The Hall–Kier alpha value is -1.35. The average molecular weight is 273 g/mol. The molecule has 1 N–H and O–H groups in total. The summed E-state index contributed by atoms with van der Waals surface area (Å²) in [4.78, 5) is 0. The summed E-state index contributed by atoms with van der Waals surface area (Å²) >= 11 is 0. The molecule has 0 amide bonds. The normalized spacial score (nSPS) is 12.2. The molecule has 0 radical (unpaired) electrons. The highest BCUT2D eigenvalue weighted by molar-refractivity contribution is 5.81. The van der Waals surface area contributed by atoms with E-state index in [9.17, 15) is 0 Å². The fourth-order valence-electron chi connectivity index (χ4n) is 2.36. The maximum absolute atomic E-state index is 4.82. The smallest absolute Gasteiger partial charge is 0.0841 e. The fourth-order valence-corrected chi connectivity index (χ4v) is 2.36. The Balaban J connectivity index is 2.21. The number of aromatic nitrogens is 2. The number of nitrogens with one attached hydrogen (secondary N) is 1. The van der Waals surface area contributed by atoms with E-state index >= 15 is 0 Å². The lowest BCUT2D eigenvalue weighted by Crippen LogP contribution is -2.35. The first-order valence-electron chi connectivity index (χ1n) is 7.71. The molecule has 1 aromatic heterocycles. The van der Waals surface area contributed by atoms with Gasteiger partial charge in [-0.15, -0.1) is 0 Å². The lowest BCUT2D eigenvalue weighted by molar-refractivity contribution is 0.419. The molecule has 2 aromatic rings. The molecular weight excluding hydrogens is 246 g/mol. The Morgan fingerprint density at radius 3 is 2.60 bits per heavy atom. The molecule has 110 valence electrons. The van der Waals surface area contributed by atoms with E-state index in [1.807, 2.05) is 0 Å². The number of unbranched alkanes of at least 4 members (excludes halogenated alkanes) is 2. The molecule has 0 aliphatic heterocycles. The number of hydrogen-bond donors (Lipinski definition) is 1. The first kappa shape index (κ1) is 15.0. The predicted molar refractivity (Wildman–Crippen MR) is 85.9 cm³/mol. The zero-order valence-corrected chi connectivity index (χ0v) is 13.2. The van der Waals surface area contributed by atoms with Crippen molar-refractivity contribution < 1.29 is 0 Å². The number of rotatable bonds is 6. The fraction of sp³-hybridized carbons (Fsp3) is 0.588. The van der Waals surface area contributed by atoms with E-state index in [-0.39, 0.29) is 5.54 Å². The van der Waals surface area contributed by atoms with E-state index < -0.39 is 0 Å². The third-order valence-electron chi connectivity index (χ3n) is 3.49. The van der Waals surface area contributed by atoms with Crippen molar-refractivity contribution in [2.75, 3.05) is 0 Å². The zero-order valence-electron chi connectivity index (χ0n) is 13.2. The molecule has 0 spiro atoms. The van der Waals surface area contributed by atoms with Gasteiger partial charge in [0, 0.05) is 24.0 Å². The van der Waals surface area contributed by atoms with Gasteiger partial charge in [0.15, 0.2) is 0 Å². The van der Waals surface area contributed by atoms with Gasteiger partial charge in [-0.2, -0.15) is 5.10 Å². The minimum Gasteiger partial charge on any atom is -0.306 e. The summed E-state index contributed by atoms with van der Waals surface area (Å²) in [6.07, 6.45) is 3.72. The van der Waals surface area contributed by atoms with Crippen LogP contribution in [0.2, 0.25) is 0 Å². The van der Waals surface area contributed by atoms with Crippen LogP contribution in [0.3, 0.4) is 0 Å². The van der Waals surface area contributed by atoms with Gasteiger partial charge >= 0.3 is 0 Å². The minimum absolute atomic E-state index is 0.118. The monoisotopic (exact) mass is 273 g/mol. The lowest BCUT2D eigenvalue weighted by Gasteiger charge is -2.19. The summed E-state index contributed by atoms with van der Waals surface area (Å²) in [5.74, 6) is 0. The van der Waals surface area contributed by atoms with Crippen molar-refractivity contribution in [1.29, 1.82) is 0 Å². The molecule has 0 aliphatic rings. The second-order valence-corrected chi connectivity index (χ2v) is 6.50. The quantitative estimate of drug-likeness (QED) is 0.803. The third kappa shape index (κ3) is 3.83. The topological polar surface area (TPSA) is 29.9 Å². The highest BCUT2D eigenvalue weighted by Gasteiger charge is 2.13. The maximum atomic E-state index is 4.82. The van der Waals surface area contributed by atoms with Crippen molar-refractivity contribution in [3.05, 3.63) is 30.0 Å². The standard InChI is InChI=1S/C17H27N3/c1-5-6-9-12-20-16-11-8-7-10-14(16)15(19-20)13-18-17(2,3)4/h7-8,10-11,18H,5-6,9,12-13H2,1-4H3. The maximum Gasteiger partial charge on any atom is 0.0841 e. The molecule has 20 heavy (non-hydrogen) atoms. The van der Waals surface area contributed by atoms with Crippen molar-refractivity contribution in [2.45, 2.75) is 65.6 Å². The molecular formula is C17H27N3. The molecule has 0 fully saturated rings. The lowest BCUT2D eigenvalue weighted by atomic mass is 10.1. The van der Waals surface area contributed by atoms with Crippen molar-refractivity contribution in [1.82, 2.24) is 15.1 Å². The Labute approximate surface area is 122 Å². The molecule has 0 atom stereocenters. The Morgan fingerprint density at radius 1 is 1.15 bits per heavy atom. The van der Waals surface area contributed by atoms with Crippen LogP contribution in [-0.4, -0.2) is 15.3 Å². The van der Waals surface area contributed by atoms with Gasteiger partial charge in [0.1, 0.15) is 0 Å². The predicted octanol–water partition coefficient (Wildman–Crippen LogP) is 4.11. The van der Waals surface area contributed by atoms with Crippen LogP contribution in [0.5, 0.6) is 0 Å². The summed E-state index contributed by atoms with van der Waals surface area (Å²) < 4.78 is 2.17. The molecule has 2 rings (SSSR count). The Bertz CT molecular complexity index is 549. The molecule has 1 heterocycles. The van der Waals surface area contributed by atoms with Crippen LogP contribution in [0.25, 0.3) is 10.9 Å². The average Bonchev–Trinajstić information content (AvgIpc) is 2.75. The van der Waals surface area contributed by atoms with E-state index in [0.717, 1.165) is 18.8 Å². The van der Waals surface area contributed by atoms with Gasteiger partial charge < -0.3 is 5.32 Å². The summed E-state index contributed by atoms with van der Waals surface area (Å²) in [7, 11) is 0. The molecule has 0 saturated carbocycles. The number of para-hydroxylation sites is 1. The summed E-state index contributed by atoms with van der Waals surface area (Å²) in [6.45, 7) is 10.6. The molecule has 1 aromatic carbocycles. The van der Waals surface area contributed by atoms with Crippen LogP contribution in [0, 0.1) is 0 Å². The van der Waals surface area contributed by atoms with E-state index in [0.29, 0.717) is 0 Å². The van der Waals surface area contributed by atoms with Crippen molar-refractivity contribution in [3.63, 3.8) is 0 Å². The number of hydrogen-bond acceptors (Lipinski definition) is 2. The Kier molecular flexibility index (Phi) is 4.81. The third-order valence-corrected chi connectivity index (χ3v) is 3.49. The van der Waals surface area contributed by atoms with Gasteiger partial charge in [-0.1, -0.05) is 38.0 Å². The van der Waals surface area contributed by atoms with Crippen molar-refractivity contribution >= 4 is 10.9 Å². The highest BCUT2D eigenvalue weighted by Crippen LogP contribution is 2.19. The molecule has 3 heteroatoms. The number of aryl methyl sites for hydroxylation is 1. The van der Waals surface area contributed by atoms with E-state index in [1.54, 1.807) is 0 Å². The second-order valence-electron chi connectivity index (χ2n) is 6.50. The SMILES string of the molecule is CCCCCn1nc(CNC(C)(C)C)c2ccccc21. The van der Waals surface area contributed by atoms with Crippen molar-refractivity contribution in [3.8, 4) is 0 Å². The van der Waals surface area contributed by atoms with Crippen LogP contribution in [0.1, 0.15) is 52.7 Å². The first-order chi connectivity index (χ1) is 9.51. The van der Waals surface area contributed by atoms with E-state index in [2.05, 4.69) is 62.0 Å². The van der Waals surface area contributed by atoms with Crippen LogP contribution >= 0.6 is 0 Å². The number of benzene rings is 1. The second kappa shape index (κ2) is 6.40. The summed E-state index contributed by atoms with van der Waals surface area (Å²) in [5.41, 5.74) is 2.54. The van der Waals surface area contributed by atoms with Gasteiger partial charge in [-0.3, -0.25) is 4.68 Å².